The largest absolute Gasteiger partial charge is 0.417 e. The summed E-state index contributed by atoms with van der Waals surface area (Å²) in [5, 5.41) is 7.53. The molecule has 4 rings (SSSR count). The number of carbonyl (C=O) groups excluding carboxylic acids is 2. The van der Waals surface area contributed by atoms with Crippen molar-refractivity contribution in [1.82, 2.24) is 10.2 Å². The van der Waals surface area contributed by atoms with Gasteiger partial charge in [-0.2, -0.15) is 13.2 Å². The Morgan fingerprint density at radius 2 is 1.59 bits per heavy atom. The van der Waals surface area contributed by atoms with Crippen LogP contribution in [-0.2, 0) is 10.9 Å². The maximum Gasteiger partial charge on any atom is 0.417 e. The number of rotatable bonds is 7. The molecule has 3 aromatic carbocycles. The second kappa shape index (κ2) is 12.5. The molecule has 0 atom stereocenters. The van der Waals surface area contributed by atoms with Crippen molar-refractivity contribution in [2.75, 3.05) is 50.0 Å². The highest BCUT2D eigenvalue weighted by Gasteiger charge is 2.33. The van der Waals surface area contributed by atoms with E-state index in [0.29, 0.717) is 31.0 Å². The number of urea groups is 1. The smallest absolute Gasteiger partial charge is 0.379 e. The number of alkyl halides is 3. The Bertz CT molecular complexity index is 1330. The lowest BCUT2D eigenvalue weighted by molar-refractivity contribution is -0.137. The molecule has 0 aliphatic carbocycles. The number of anilines is 2. The van der Waals surface area contributed by atoms with Gasteiger partial charge in [0.25, 0.3) is 5.91 Å². The molecule has 1 fully saturated rings. The molecule has 3 aromatic rings. The van der Waals surface area contributed by atoms with Crippen molar-refractivity contribution >= 4 is 34.9 Å². The van der Waals surface area contributed by atoms with Gasteiger partial charge in [0.2, 0.25) is 0 Å². The van der Waals surface area contributed by atoms with Crippen LogP contribution in [0, 0.1) is 6.92 Å². The van der Waals surface area contributed by atoms with Crippen LogP contribution in [0.25, 0.3) is 11.1 Å². The fourth-order valence-corrected chi connectivity index (χ4v) is 4.40. The fraction of sp³-hybridized carbons (Fsp3) is 0.286. The minimum absolute atomic E-state index is 0.0460. The summed E-state index contributed by atoms with van der Waals surface area (Å²) >= 11 is 5.64. The second-order valence-electron chi connectivity index (χ2n) is 9.09. The average Bonchev–Trinajstić information content (AvgIpc) is 2.91. The van der Waals surface area contributed by atoms with Gasteiger partial charge in [-0.3, -0.25) is 9.69 Å². The third kappa shape index (κ3) is 7.72. The van der Waals surface area contributed by atoms with Crippen LogP contribution in [0.2, 0.25) is 5.02 Å². The molecule has 1 aliphatic heterocycles. The lowest BCUT2D eigenvalue weighted by Crippen LogP contribution is -2.41. The fourth-order valence-electron chi connectivity index (χ4n) is 4.18. The van der Waals surface area contributed by atoms with Crippen LogP contribution < -0.4 is 16.0 Å². The molecule has 1 saturated heterocycles. The summed E-state index contributed by atoms with van der Waals surface area (Å²) in [7, 11) is 0. The van der Waals surface area contributed by atoms with E-state index in [1.165, 1.54) is 6.07 Å². The third-order valence-corrected chi connectivity index (χ3v) is 6.63. The Balaban J connectivity index is 1.37. The minimum atomic E-state index is -4.64. The number of amides is 3. The van der Waals surface area contributed by atoms with Gasteiger partial charge in [-0.25, -0.2) is 4.79 Å². The number of halogens is 4. The maximum absolute atomic E-state index is 13.1. The lowest BCUT2D eigenvalue weighted by Gasteiger charge is -2.26. The zero-order valence-electron chi connectivity index (χ0n) is 21.2. The number of hydrogen-bond acceptors (Lipinski definition) is 4. The Labute approximate surface area is 229 Å². The molecule has 0 unspecified atom stereocenters. The van der Waals surface area contributed by atoms with Gasteiger partial charge in [-0.05, 0) is 66.1 Å². The van der Waals surface area contributed by atoms with Gasteiger partial charge in [0.1, 0.15) is 0 Å². The summed E-state index contributed by atoms with van der Waals surface area (Å²) < 4.78 is 44.7. The SMILES string of the molecule is Cc1ccc(NC(=O)Nc2ccc(Cl)c(C(F)(F)F)c2)cc1-c1ccc(C(=O)NCCN2CCOCC2)cc1. The van der Waals surface area contributed by atoms with Crippen LogP contribution in [0.3, 0.4) is 0 Å². The molecule has 1 heterocycles. The summed E-state index contributed by atoms with van der Waals surface area (Å²) in [4.78, 5) is 27.3. The number of aryl methyl sites for hydroxylation is 1. The molecular weight excluding hydrogens is 533 g/mol. The number of hydrogen-bond donors (Lipinski definition) is 3. The van der Waals surface area contributed by atoms with Crippen LogP contribution in [-0.4, -0.2) is 56.2 Å². The van der Waals surface area contributed by atoms with Crippen molar-refractivity contribution in [3.05, 3.63) is 82.4 Å². The van der Waals surface area contributed by atoms with Crippen LogP contribution in [0.1, 0.15) is 21.5 Å². The van der Waals surface area contributed by atoms with Gasteiger partial charge < -0.3 is 20.7 Å². The van der Waals surface area contributed by atoms with E-state index in [0.717, 1.165) is 48.5 Å². The van der Waals surface area contributed by atoms with Gasteiger partial charge in [-0.1, -0.05) is 29.8 Å². The molecule has 1 aliphatic rings. The zero-order valence-corrected chi connectivity index (χ0v) is 22.0. The molecule has 0 saturated carbocycles. The van der Waals surface area contributed by atoms with E-state index in [9.17, 15) is 22.8 Å². The summed E-state index contributed by atoms with van der Waals surface area (Å²) in [5.74, 6) is -0.158. The molecule has 206 valence electrons. The Morgan fingerprint density at radius 3 is 2.26 bits per heavy atom. The van der Waals surface area contributed by atoms with E-state index >= 15 is 0 Å². The van der Waals surface area contributed by atoms with Crippen LogP contribution in [0.4, 0.5) is 29.3 Å². The summed E-state index contributed by atoms with van der Waals surface area (Å²) in [6.45, 7) is 6.37. The second-order valence-corrected chi connectivity index (χ2v) is 9.50. The first-order valence-electron chi connectivity index (χ1n) is 12.3. The summed E-state index contributed by atoms with van der Waals surface area (Å²) in [5.41, 5.74) is 2.52. The van der Waals surface area contributed by atoms with Gasteiger partial charge in [0.15, 0.2) is 0 Å². The monoisotopic (exact) mass is 560 g/mol. The maximum atomic E-state index is 13.1. The molecule has 3 amide bonds. The van der Waals surface area contributed by atoms with E-state index in [4.69, 9.17) is 16.3 Å². The molecule has 0 aromatic heterocycles. The molecule has 0 spiro atoms. The topological polar surface area (TPSA) is 82.7 Å². The van der Waals surface area contributed by atoms with Crippen molar-refractivity contribution in [2.24, 2.45) is 0 Å². The normalized spacial score (nSPS) is 14.1. The highest BCUT2D eigenvalue weighted by molar-refractivity contribution is 6.31. The van der Waals surface area contributed by atoms with Crippen molar-refractivity contribution in [3.8, 4) is 11.1 Å². The quantitative estimate of drug-likeness (QED) is 0.329. The van der Waals surface area contributed by atoms with Gasteiger partial charge >= 0.3 is 12.2 Å². The summed E-state index contributed by atoms with van der Waals surface area (Å²) in [6.07, 6.45) is -4.64. The van der Waals surface area contributed by atoms with Crippen molar-refractivity contribution in [2.45, 2.75) is 13.1 Å². The predicted octanol–water partition coefficient (Wildman–Crippen LogP) is 6.04. The Hall–Kier alpha value is -3.60. The standard InChI is InChI=1S/C28H28ClF3N4O3/c1-18-2-7-21(34-27(38)35-22-8-9-25(29)24(17-22)28(30,31)32)16-23(18)19-3-5-20(6-4-19)26(37)33-10-11-36-12-14-39-15-13-36/h2-9,16-17H,10-15H2,1H3,(H,33,37)(H2,34,35,38). The number of benzene rings is 3. The Kier molecular flexibility index (Phi) is 9.11. The number of nitrogens with zero attached hydrogens (tertiary/aromatic N) is 1. The van der Waals surface area contributed by atoms with Gasteiger partial charge in [0, 0.05) is 43.1 Å². The van der Waals surface area contributed by atoms with Crippen LogP contribution in [0.15, 0.2) is 60.7 Å². The molecule has 0 bridgehead atoms. The van der Waals surface area contributed by atoms with Crippen molar-refractivity contribution < 1.29 is 27.5 Å². The van der Waals surface area contributed by atoms with Crippen LogP contribution in [0.5, 0.6) is 0 Å². The molecule has 0 radical (unpaired) electrons. The first-order chi connectivity index (χ1) is 18.6. The van der Waals surface area contributed by atoms with Gasteiger partial charge in [-0.15, -0.1) is 0 Å². The molecule has 39 heavy (non-hydrogen) atoms. The van der Waals surface area contributed by atoms with Gasteiger partial charge in [0.05, 0.1) is 23.8 Å². The molecule has 3 N–H and O–H groups in total. The molecule has 11 heteroatoms. The number of carbonyl (C=O) groups is 2. The minimum Gasteiger partial charge on any atom is -0.379 e. The van der Waals surface area contributed by atoms with Crippen molar-refractivity contribution in [3.63, 3.8) is 0 Å². The number of morpholine rings is 1. The van der Waals surface area contributed by atoms with E-state index in [1.807, 2.05) is 25.1 Å². The van der Waals surface area contributed by atoms with Crippen LogP contribution >= 0.6 is 11.6 Å². The first-order valence-corrected chi connectivity index (χ1v) is 12.7. The van der Waals surface area contributed by atoms with E-state index in [2.05, 4.69) is 20.9 Å². The lowest BCUT2D eigenvalue weighted by atomic mass is 9.98. The third-order valence-electron chi connectivity index (χ3n) is 6.30. The number of ether oxygens (including phenoxy) is 1. The predicted molar refractivity (Wildman–Crippen MR) is 145 cm³/mol. The highest BCUT2D eigenvalue weighted by Crippen LogP contribution is 2.36. The zero-order chi connectivity index (χ0) is 28.0. The van der Waals surface area contributed by atoms with Crippen molar-refractivity contribution in [1.29, 1.82) is 0 Å². The van der Waals surface area contributed by atoms with E-state index in [-0.39, 0.29) is 11.6 Å². The molecular formula is C28H28ClF3N4O3. The van der Waals surface area contributed by atoms with E-state index in [1.54, 1.807) is 24.3 Å². The molecule has 7 nitrogen and oxygen atoms in total. The first kappa shape index (κ1) is 28.4. The summed E-state index contributed by atoms with van der Waals surface area (Å²) in [6, 6.07) is 14.9. The number of nitrogens with one attached hydrogen (secondary N) is 3. The average molecular weight is 561 g/mol. The highest BCUT2D eigenvalue weighted by atomic mass is 35.5. The van der Waals surface area contributed by atoms with E-state index < -0.39 is 22.8 Å². The Morgan fingerprint density at radius 1 is 0.949 bits per heavy atom.